The molecule has 3 aromatic carbocycles. The summed E-state index contributed by atoms with van der Waals surface area (Å²) < 4.78 is 30.7. The van der Waals surface area contributed by atoms with E-state index < -0.39 is 113 Å². The second-order valence-electron chi connectivity index (χ2n) is 18.0. The largest absolute Gasteiger partial charge is 0.456 e. The van der Waals surface area contributed by atoms with Crippen LogP contribution in [0, 0.1) is 16.7 Å². The van der Waals surface area contributed by atoms with Crippen molar-refractivity contribution in [3.05, 3.63) is 119 Å². The highest BCUT2D eigenvalue weighted by molar-refractivity contribution is 5.96. The molecule has 65 heavy (non-hydrogen) atoms. The number of carbonyl (C=O) groups excluding carboxylic acids is 6. The van der Waals surface area contributed by atoms with Gasteiger partial charge < -0.3 is 49.6 Å². The van der Waals surface area contributed by atoms with E-state index in [0.29, 0.717) is 12.1 Å². The van der Waals surface area contributed by atoms with Crippen LogP contribution in [-0.4, -0.2) is 118 Å². The minimum absolute atomic E-state index is 0.00784. The molecule has 16 heteroatoms. The fourth-order valence-electron chi connectivity index (χ4n) is 10.4. The van der Waals surface area contributed by atoms with E-state index in [-0.39, 0.29) is 41.8 Å². The predicted molar refractivity (Wildman–Crippen MR) is 231 cm³/mol. The van der Waals surface area contributed by atoms with Crippen molar-refractivity contribution in [3.63, 3.8) is 0 Å². The van der Waals surface area contributed by atoms with Crippen LogP contribution in [-0.2, 0) is 42.9 Å². The fraction of sp³-hybridized carbons (Fsp3) is 0.469. The number of benzene rings is 3. The van der Waals surface area contributed by atoms with E-state index in [9.17, 15) is 39.3 Å². The summed E-state index contributed by atoms with van der Waals surface area (Å²) in [6.07, 6.45) is -10.6. The summed E-state index contributed by atoms with van der Waals surface area (Å²) in [7, 11) is 0. The Morgan fingerprint density at radius 2 is 1.48 bits per heavy atom. The van der Waals surface area contributed by atoms with E-state index in [0.717, 1.165) is 6.92 Å². The van der Waals surface area contributed by atoms with Gasteiger partial charge in [0.05, 0.1) is 42.2 Å². The number of ketones is 1. The summed E-state index contributed by atoms with van der Waals surface area (Å²) in [6.45, 7) is 8.73. The number of Topliss-reactive ketones (excluding diaryl/α,β-unsaturated/α-hetero) is 1. The molecule has 5 N–H and O–H groups in total. The Kier molecular flexibility index (Phi) is 13.2. The van der Waals surface area contributed by atoms with Crippen LogP contribution in [0.4, 0.5) is 0 Å². The number of nitrogens with one attached hydrogen (secondary N) is 2. The van der Waals surface area contributed by atoms with Crippen LogP contribution >= 0.6 is 0 Å². The third-order valence-electron chi connectivity index (χ3n) is 14.0. The van der Waals surface area contributed by atoms with Crippen molar-refractivity contribution in [1.82, 2.24) is 10.6 Å². The first-order chi connectivity index (χ1) is 30.8. The molecule has 11 atom stereocenters. The smallest absolute Gasteiger partial charge is 0.338 e. The molecule has 0 spiro atoms. The number of amides is 1. The number of likely N-dealkylation sites (N-methyl/N-ethyl adjacent to an activating group) is 1. The first-order valence-corrected chi connectivity index (χ1v) is 21.7. The van der Waals surface area contributed by atoms with Gasteiger partial charge in [0.15, 0.2) is 23.6 Å². The van der Waals surface area contributed by atoms with E-state index in [2.05, 4.69) is 10.6 Å². The van der Waals surface area contributed by atoms with Gasteiger partial charge in [-0.2, -0.15) is 0 Å². The summed E-state index contributed by atoms with van der Waals surface area (Å²) in [4.78, 5) is 84.8. The van der Waals surface area contributed by atoms with E-state index in [1.807, 2.05) is 0 Å². The van der Waals surface area contributed by atoms with Crippen LogP contribution in [0.15, 0.2) is 102 Å². The van der Waals surface area contributed by atoms with Crippen molar-refractivity contribution in [2.24, 2.45) is 16.7 Å². The number of ether oxygens (including phenoxy) is 5. The first kappa shape index (κ1) is 47.2. The summed E-state index contributed by atoms with van der Waals surface area (Å²) in [6, 6.07) is 23.0. The van der Waals surface area contributed by atoms with Crippen molar-refractivity contribution in [3.8, 4) is 0 Å². The summed E-state index contributed by atoms with van der Waals surface area (Å²) >= 11 is 0. The van der Waals surface area contributed by atoms with Crippen LogP contribution in [0.25, 0.3) is 0 Å². The van der Waals surface area contributed by atoms with Crippen LogP contribution in [0.5, 0.6) is 0 Å². The van der Waals surface area contributed by atoms with Crippen LogP contribution in [0.1, 0.15) is 86.7 Å². The maximum atomic E-state index is 15.7. The number of carbonyl (C=O) groups is 6. The normalized spacial score (nSPS) is 30.9. The standard InChI is InChI=1S/C49H56N2O14/c1-7-50-25-35(54)63-39-36-27(2)32(62-45(59)38(55)37(29-17-11-8-12-18-29)51-43(57)30-19-13-9-14-20-30)24-49(60,46(36,4)5)42(64-44(58)31-21-15-10-16-22-31)40-47(6,41(39)56)33(53)23-34-48(40,26-61-34)65-28(3)52/h8-22,32-34,37-40,42,50,53,55,60H,7,23-26H2,1-6H3,(H,51,57)/t32-,33-,34?,37-,38+,39+,40-,42-,47?,48-,49+/m0/s1. The van der Waals surface area contributed by atoms with Gasteiger partial charge in [-0.25, -0.2) is 9.59 Å². The minimum atomic E-state index is -2.41. The van der Waals surface area contributed by atoms with E-state index in [1.165, 1.54) is 26.0 Å². The molecule has 4 aliphatic rings. The third kappa shape index (κ3) is 8.26. The lowest BCUT2D eigenvalue weighted by molar-refractivity contribution is -0.346. The highest BCUT2D eigenvalue weighted by atomic mass is 16.6. The molecule has 346 valence electrons. The number of rotatable bonds is 13. The number of hydrogen-bond donors (Lipinski definition) is 5. The quantitative estimate of drug-likeness (QED) is 0.0941. The predicted octanol–water partition coefficient (Wildman–Crippen LogP) is 3.33. The van der Waals surface area contributed by atoms with E-state index >= 15 is 4.79 Å². The van der Waals surface area contributed by atoms with Crippen molar-refractivity contribution in [2.75, 3.05) is 19.7 Å². The maximum absolute atomic E-state index is 15.7. The van der Waals surface area contributed by atoms with Gasteiger partial charge in [0.2, 0.25) is 0 Å². The number of aliphatic hydroxyl groups excluding tert-OH is 2. The van der Waals surface area contributed by atoms with Crippen LogP contribution < -0.4 is 10.6 Å². The second-order valence-corrected chi connectivity index (χ2v) is 18.0. The lowest BCUT2D eigenvalue weighted by Crippen LogP contribution is -2.82. The third-order valence-corrected chi connectivity index (χ3v) is 14.0. The molecular formula is C49H56N2O14. The van der Waals surface area contributed by atoms with Gasteiger partial charge in [0.1, 0.15) is 23.9 Å². The zero-order valence-electron chi connectivity index (χ0n) is 37.1. The lowest BCUT2D eigenvalue weighted by Gasteiger charge is -2.67. The van der Waals surface area contributed by atoms with E-state index in [1.54, 1.807) is 99.6 Å². The number of fused-ring (bicyclic) bond motifs is 5. The van der Waals surface area contributed by atoms with Crippen molar-refractivity contribution in [1.29, 1.82) is 0 Å². The molecule has 7 rings (SSSR count). The maximum Gasteiger partial charge on any atom is 0.338 e. The second kappa shape index (κ2) is 18.2. The molecule has 2 unspecified atom stereocenters. The van der Waals surface area contributed by atoms with Gasteiger partial charge in [0, 0.05) is 30.7 Å². The molecule has 2 saturated carbocycles. The molecule has 0 aromatic heterocycles. The van der Waals surface area contributed by atoms with Crippen LogP contribution in [0.3, 0.4) is 0 Å². The molecule has 1 heterocycles. The Labute approximate surface area is 376 Å². The van der Waals surface area contributed by atoms with Gasteiger partial charge in [-0.3, -0.25) is 19.2 Å². The SMILES string of the molecule is CCNCC(=O)O[C@H]1C(=O)C2(C)[C@@H](O)CC3OC[C@@]3(OC(C)=O)[C@H]2[C@H](OC(=O)c2ccccc2)[C@]2(O)C[C@H](OC(=O)[C@H](O)[C@@H](NC(=O)c3ccccc3)c3ccccc3)C(C)=C1C2(C)C. The molecule has 1 saturated heterocycles. The van der Waals surface area contributed by atoms with Crippen molar-refractivity contribution >= 4 is 35.6 Å². The molecular weight excluding hydrogens is 841 g/mol. The summed E-state index contributed by atoms with van der Waals surface area (Å²) in [5.41, 5.74) is -7.12. The monoisotopic (exact) mass is 896 g/mol. The van der Waals surface area contributed by atoms with Gasteiger partial charge in [-0.1, -0.05) is 87.5 Å². The Balaban J connectivity index is 1.40. The zero-order valence-corrected chi connectivity index (χ0v) is 37.1. The average Bonchev–Trinajstić information content (AvgIpc) is 3.28. The molecule has 0 radical (unpaired) electrons. The molecule has 3 aliphatic carbocycles. The Hall–Kier alpha value is -5.78. The van der Waals surface area contributed by atoms with Crippen molar-refractivity contribution < 1.29 is 67.8 Å². The highest BCUT2D eigenvalue weighted by Crippen LogP contribution is 2.64. The Morgan fingerprint density at radius 3 is 2.05 bits per heavy atom. The van der Waals surface area contributed by atoms with Crippen LogP contribution in [0.2, 0.25) is 0 Å². The van der Waals surface area contributed by atoms with Gasteiger partial charge >= 0.3 is 23.9 Å². The van der Waals surface area contributed by atoms with Gasteiger partial charge in [0.25, 0.3) is 5.91 Å². The number of aliphatic hydroxyl groups is 3. The van der Waals surface area contributed by atoms with Gasteiger partial charge in [-0.15, -0.1) is 0 Å². The summed E-state index contributed by atoms with van der Waals surface area (Å²) in [5.74, 6) is -6.84. The number of esters is 4. The molecule has 1 aliphatic heterocycles. The molecule has 16 nitrogen and oxygen atoms in total. The lowest BCUT2D eigenvalue weighted by atomic mass is 9.44. The highest BCUT2D eigenvalue weighted by Gasteiger charge is 2.78. The topological polar surface area (TPSA) is 233 Å². The molecule has 3 aromatic rings. The molecule has 2 bridgehead atoms. The van der Waals surface area contributed by atoms with E-state index in [4.69, 9.17) is 23.7 Å². The summed E-state index contributed by atoms with van der Waals surface area (Å²) in [5, 5.41) is 43.5. The molecule has 1 amide bonds. The molecule has 3 fully saturated rings. The zero-order chi connectivity index (χ0) is 47.1. The van der Waals surface area contributed by atoms with Crippen molar-refractivity contribution in [2.45, 2.75) is 108 Å². The Bertz CT molecular complexity index is 2340. The minimum Gasteiger partial charge on any atom is -0.456 e. The average molecular weight is 897 g/mol. The number of hydrogen-bond acceptors (Lipinski definition) is 15. The van der Waals surface area contributed by atoms with Gasteiger partial charge in [-0.05, 0) is 61.4 Å². The first-order valence-electron chi connectivity index (χ1n) is 21.7. The fourth-order valence-corrected chi connectivity index (χ4v) is 10.4. The Morgan fingerprint density at radius 1 is 0.877 bits per heavy atom.